The third kappa shape index (κ3) is 7.76. The number of hydrogen-bond acceptors (Lipinski definition) is 5. The Bertz CT molecular complexity index is 2240. The van der Waals surface area contributed by atoms with Crippen LogP contribution < -0.4 is 9.64 Å². The zero-order valence-corrected chi connectivity index (χ0v) is 38.3. The first-order chi connectivity index (χ1) is 26.8. The number of pyridine rings is 1. The Morgan fingerprint density at radius 1 is 0.821 bits per heavy atom. The molecule has 0 unspecified atom stereocenters. The Morgan fingerprint density at radius 3 is 2.16 bits per heavy atom. The molecule has 3 aliphatic rings. The maximum absolute atomic E-state index is 8.88. The Labute approximate surface area is 357 Å². The van der Waals surface area contributed by atoms with Gasteiger partial charge < -0.3 is 19.5 Å². The number of anilines is 3. The number of amidine groups is 1. The molecule has 0 saturated heterocycles. The molecule has 5 nitrogen and oxygen atoms in total. The molecular formula is C50H64N4OPt. The summed E-state index contributed by atoms with van der Waals surface area (Å²) in [6.07, 6.45) is 7.42. The van der Waals surface area contributed by atoms with Crippen molar-refractivity contribution in [3.05, 3.63) is 106 Å². The number of nitrogens with zero attached hydrogens (tertiary/aromatic N) is 4. The summed E-state index contributed by atoms with van der Waals surface area (Å²) in [5, 5.41) is 0. The summed E-state index contributed by atoms with van der Waals surface area (Å²) in [4.78, 5) is 14.8. The number of rotatable bonds is 5. The van der Waals surface area contributed by atoms with Gasteiger partial charge in [-0.25, -0.2) is 4.98 Å². The summed E-state index contributed by atoms with van der Waals surface area (Å²) in [5.74, 6) is 2.72. The summed E-state index contributed by atoms with van der Waals surface area (Å²) in [5.41, 5.74) is 7.10. The minimum Gasteiger partial charge on any atom is -0.503 e. The normalized spacial score (nSPS) is 20.9. The maximum Gasteiger partial charge on any atom is 2.00 e. The molecule has 1 aromatic heterocycles. The number of fused-ring (bicyclic) bond motifs is 2. The van der Waals surface area contributed by atoms with Gasteiger partial charge >= 0.3 is 21.1 Å². The van der Waals surface area contributed by atoms with Crippen molar-refractivity contribution in [2.75, 3.05) is 11.4 Å². The molecule has 4 aromatic rings. The molecule has 0 bridgehead atoms. The molecule has 1 fully saturated rings. The summed E-state index contributed by atoms with van der Waals surface area (Å²) in [6, 6.07) is 25.1. The van der Waals surface area contributed by atoms with Gasteiger partial charge in [-0.2, -0.15) is 6.07 Å². The molecule has 1 atom stereocenters. The van der Waals surface area contributed by atoms with E-state index in [1.54, 1.807) is 0 Å². The Morgan fingerprint density at radius 2 is 1.52 bits per heavy atom. The molecule has 2 aliphatic heterocycles. The molecule has 3 aromatic carbocycles. The fourth-order valence-electron chi connectivity index (χ4n) is 8.42. The van der Waals surface area contributed by atoms with Crippen molar-refractivity contribution < 1.29 is 29.9 Å². The SMILES string of the molecule is [2H]C([2H])([2H])[C@@]1(C(C)(C)C)CN(C2CCCCC2)C(c2[c-]c(Oc3[c-]c4c(cc3C)C(C)(C)c3cc(C)ccc3N4c3cc(C(C)(C)C)ccn3)cc(C(C)(C)C)c2)=N1.[Pt+2]. The van der Waals surface area contributed by atoms with Crippen LogP contribution in [0.15, 0.2) is 59.7 Å². The molecule has 0 amide bonds. The molecule has 300 valence electrons. The maximum atomic E-state index is 8.88. The van der Waals surface area contributed by atoms with Crippen LogP contribution in [0.5, 0.6) is 11.5 Å². The average Bonchev–Trinajstić information content (AvgIpc) is 3.56. The van der Waals surface area contributed by atoms with E-state index < -0.39 is 17.8 Å². The van der Waals surface area contributed by atoms with Gasteiger partial charge in [0.25, 0.3) is 0 Å². The van der Waals surface area contributed by atoms with Gasteiger partial charge in [-0.15, -0.1) is 34.4 Å². The molecule has 0 radical (unpaired) electrons. The van der Waals surface area contributed by atoms with E-state index in [1.165, 1.54) is 23.1 Å². The molecule has 56 heavy (non-hydrogen) atoms. The van der Waals surface area contributed by atoms with E-state index in [1.807, 2.05) is 27.0 Å². The van der Waals surface area contributed by atoms with E-state index in [0.717, 1.165) is 65.1 Å². The van der Waals surface area contributed by atoms with Crippen molar-refractivity contribution in [3.8, 4) is 11.5 Å². The zero-order valence-electron chi connectivity index (χ0n) is 39.0. The van der Waals surface area contributed by atoms with E-state index in [0.29, 0.717) is 23.9 Å². The smallest absolute Gasteiger partial charge is 0.503 e. The summed E-state index contributed by atoms with van der Waals surface area (Å²) < 4.78 is 33.6. The minimum absolute atomic E-state index is 0. The Hall–Kier alpha value is -3.43. The van der Waals surface area contributed by atoms with Crippen LogP contribution in [0, 0.1) is 31.4 Å². The van der Waals surface area contributed by atoms with Gasteiger partial charge in [-0.3, -0.25) is 0 Å². The Kier molecular flexibility index (Phi) is 10.0. The van der Waals surface area contributed by atoms with Crippen LogP contribution in [0.25, 0.3) is 0 Å². The molecule has 0 N–H and O–H groups in total. The van der Waals surface area contributed by atoms with Gasteiger partial charge in [0.1, 0.15) is 5.82 Å². The summed E-state index contributed by atoms with van der Waals surface area (Å²) in [6.45, 7) is 26.2. The Balaban J connectivity index is 0.00000585. The number of benzene rings is 3. The fourth-order valence-corrected chi connectivity index (χ4v) is 8.42. The third-order valence-electron chi connectivity index (χ3n) is 12.4. The van der Waals surface area contributed by atoms with E-state index in [2.05, 4.69) is 140 Å². The van der Waals surface area contributed by atoms with Crippen LogP contribution >= 0.6 is 0 Å². The van der Waals surface area contributed by atoms with Crippen LogP contribution in [0.1, 0.15) is 158 Å². The molecule has 3 heterocycles. The number of aromatic nitrogens is 1. The van der Waals surface area contributed by atoms with Gasteiger partial charge in [-0.05, 0) is 77.6 Å². The molecule has 1 aliphatic carbocycles. The van der Waals surface area contributed by atoms with E-state index in [9.17, 15) is 0 Å². The van der Waals surface area contributed by atoms with Gasteiger partial charge in [0.15, 0.2) is 0 Å². The van der Waals surface area contributed by atoms with Crippen LogP contribution in [-0.4, -0.2) is 33.8 Å². The van der Waals surface area contributed by atoms with Crippen molar-refractivity contribution in [1.82, 2.24) is 9.88 Å². The van der Waals surface area contributed by atoms with E-state index >= 15 is 0 Å². The van der Waals surface area contributed by atoms with Crippen molar-refractivity contribution in [2.24, 2.45) is 10.4 Å². The number of aryl methyl sites for hydroxylation is 2. The first kappa shape index (κ1) is 38.1. The molecule has 1 saturated carbocycles. The second-order valence-electron chi connectivity index (χ2n) is 20.1. The first-order valence-corrected chi connectivity index (χ1v) is 20.4. The van der Waals surface area contributed by atoms with E-state index in [-0.39, 0.29) is 43.4 Å². The van der Waals surface area contributed by atoms with Crippen molar-refractivity contribution in [3.63, 3.8) is 0 Å². The largest absolute Gasteiger partial charge is 2.00 e. The van der Waals surface area contributed by atoms with Crippen molar-refractivity contribution in [2.45, 2.75) is 157 Å². The van der Waals surface area contributed by atoms with Crippen molar-refractivity contribution >= 4 is 23.0 Å². The number of ether oxygens (including phenoxy) is 1. The van der Waals surface area contributed by atoms with Gasteiger partial charge in [0.2, 0.25) is 0 Å². The zero-order chi connectivity index (χ0) is 42.4. The molecule has 7 rings (SSSR count). The fraction of sp³-hybridized carbons (Fsp3) is 0.520. The number of aliphatic imine (C=N–C) groups is 1. The summed E-state index contributed by atoms with van der Waals surface area (Å²) in [7, 11) is 0. The standard InChI is InChI=1S/C50H64N4O.Pt/c1-32-20-21-41-39(24-32)49(12,13)40-25-33(2)43(30-42(40)54(41)44-29-35(22-23-51-44)46(3,4)5)55-38-27-34(26-36(28-38)47(6,7)8)45-52-50(14,48(9,10)11)31-53(45)37-18-16-15-17-19-37;/h20-26,28-29,37H,15-19,31H2,1-14H3;/q-2;+2/t50-;/m0./s1/i14D3;. The van der Waals surface area contributed by atoms with Gasteiger partial charge in [0, 0.05) is 45.9 Å². The predicted molar refractivity (Wildman–Crippen MR) is 230 cm³/mol. The summed E-state index contributed by atoms with van der Waals surface area (Å²) >= 11 is 0. The van der Waals surface area contributed by atoms with Crippen molar-refractivity contribution in [1.29, 1.82) is 0 Å². The third-order valence-corrected chi connectivity index (χ3v) is 12.4. The second kappa shape index (κ2) is 14.7. The second-order valence-corrected chi connectivity index (χ2v) is 20.1. The molecule has 6 heteroatoms. The van der Waals surface area contributed by atoms with Crippen LogP contribution in [0.2, 0.25) is 0 Å². The minimum atomic E-state index is -2.30. The quantitative estimate of drug-likeness (QED) is 0.187. The number of hydrogen-bond donors (Lipinski definition) is 0. The molecular weight excluding hydrogens is 868 g/mol. The first-order valence-electron chi connectivity index (χ1n) is 21.9. The van der Waals surface area contributed by atoms with E-state index in [4.69, 9.17) is 18.8 Å². The molecule has 0 spiro atoms. The predicted octanol–water partition coefficient (Wildman–Crippen LogP) is 13.0. The average molecular weight is 935 g/mol. The van der Waals surface area contributed by atoms with Gasteiger partial charge in [0.05, 0.1) is 5.54 Å². The van der Waals surface area contributed by atoms with Crippen LogP contribution in [0.3, 0.4) is 0 Å². The monoisotopic (exact) mass is 934 g/mol. The van der Waals surface area contributed by atoms with Gasteiger partial charge in [-0.1, -0.05) is 138 Å². The van der Waals surface area contributed by atoms with Crippen LogP contribution in [0.4, 0.5) is 17.2 Å². The topological polar surface area (TPSA) is 41.0 Å². The van der Waals surface area contributed by atoms with Crippen LogP contribution in [-0.2, 0) is 37.3 Å².